The van der Waals surface area contributed by atoms with E-state index in [0.29, 0.717) is 30.0 Å². The Morgan fingerprint density at radius 1 is 1.22 bits per heavy atom. The molecule has 2 aromatic rings. The van der Waals surface area contributed by atoms with Gasteiger partial charge in [-0.2, -0.15) is 0 Å². The van der Waals surface area contributed by atoms with Crippen molar-refractivity contribution in [1.82, 2.24) is 4.90 Å². The molecule has 1 unspecified atom stereocenters. The Balaban J connectivity index is 2.51. The lowest BCUT2D eigenvalue weighted by molar-refractivity contribution is -0.114. The number of nitrogens with zero attached hydrogens (tertiary/aromatic N) is 1. The van der Waals surface area contributed by atoms with E-state index in [1.54, 1.807) is 43.6 Å². The number of nitrogens with one attached hydrogen (secondary N) is 1. The lowest BCUT2D eigenvalue weighted by atomic mass is 10.0. The second kappa shape index (κ2) is 11.4. The second-order valence-corrected chi connectivity index (χ2v) is 8.56. The molecule has 2 aromatic carbocycles. The third-order valence-electron chi connectivity index (χ3n) is 4.82. The van der Waals surface area contributed by atoms with E-state index in [9.17, 15) is 18.6 Å². The van der Waals surface area contributed by atoms with Crippen LogP contribution in [0.3, 0.4) is 0 Å². The number of ether oxygens (including phenoxy) is 2. The van der Waals surface area contributed by atoms with Crippen molar-refractivity contribution in [3.8, 4) is 11.5 Å². The molecule has 0 aliphatic carbocycles. The van der Waals surface area contributed by atoms with Crippen molar-refractivity contribution in [2.45, 2.75) is 19.9 Å². The Hall–Kier alpha value is -3.20. The number of carbonyl (C=O) groups excluding carboxylic acids is 3. The SMILES string of the molecule is CCOc1cc([C@@H](CS(C)=O)N(C)C(=O)c2cccc(NC(C)=O)c2C=O)ccc1OC. The number of rotatable bonds is 10. The minimum absolute atomic E-state index is 0.0839. The summed E-state index contributed by atoms with van der Waals surface area (Å²) in [4.78, 5) is 38.1. The van der Waals surface area contributed by atoms with Crippen LogP contribution in [0.2, 0.25) is 0 Å². The lowest BCUT2D eigenvalue weighted by Gasteiger charge is -2.29. The summed E-state index contributed by atoms with van der Waals surface area (Å²) in [5, 5.41) is 2.57. The van der Waals surface area contributed by atoms with Crippen LogP contribution in [0.5, 0.6) is 11.5 Å². The summed E-state index contributed by atoms with van der Waals surface area (Å²) in [5.41, 5.74) is 1.19. The number of hydrogen-bond acceptors (Lipinski definition) is 6. The van der Waals surface area contributed by atoms with Gasteiger partial charge in [0.2, 0.25) is 5.91 Å². The first-order valence-corrected chi connectivity index (χ1v) is 11.7. The fraction of sp³-hybridized carbons (Fsp3) is 0.348. The van der Waals surface area contributed by atoms with Gasteiger partial charge in [0.1, 0.15) is 0 Å². The zero-order valence-corrected chi connectivity index (χ0v) is 19.7. The van der Waals surface area contributed by atoms with E-state index in [1.165, 1.54) is 25.0 Å². The van der Waals surface area contributed by atoms with Crippen molar-refractivity contribution in [2.24, 2.45) is 0 Å². The van der Waals surface area contributed by atoms with Gasteiger partial charge in [0, 0.05) is 36.8 Å². The lowest BCUT2D eigenvalue weighted by Crippen LogP contribution is -2.35. The van der Waals surface area contributed by atoms with Gasteiger partial charge in [-0.25, -0.2) is 0 Å². The first-order valence-electron chi connectivity index (χ1n) is 9.97. The zero-order valence-electron chi connectivity index (χ0n) is 18.8. The van der Waals surface area contributed by atoms with Gasteiger partial charge in [-0.1, -0.05) is 12.1 Å². The molecule has 0 fully saturated rings. The van der Waals surface area contributed by atoms with E-state index in [4.69, 9.17) is 9.47 Å². The number of amides is 2. The molecular formula is C23H28N2O6S. The molecule has 0 aliphatic rings. The van der Waals surface area contributed by atoms with Crippen molar-refractivity contribution in [2.75, 3.05) is 38.1 Å². The van der Waals surface area contributed by atoms with Crippen LogP contribution < -0.4 is 14.8 Å². The van der Waals surface area contributed by atoms with Gasteiger partial charge in [-0.3, -0.25) is 18.6 Å². The Labute approximate surface area is 190 Å². The van der Waals surface area contributed by atoms with Gasteiger partial charge in [-0.05, 0) is 36.8 Å². The summed E-state index contributed by atoms with van der Waals surface area (Å²) in [6.07, 6.45) is 2.10. The Morgan fingerprint density at radius 3 is 2.50 bits per heavy atom. The quantitative estimate of drug-likeness (QED) is 0.547. The van der Waals surface area contributed by atoms with Gasteiger partial charge in [0.25, 0.3) is 5.91 Å². The van der Waals surface area contributed by atoms with Crippen LogP contribution in [0.15, 0.2) is 36.4 Å². The highest BCUT2D eigenvalue weighted by Gasteiger charge is 2.27. The smallest absolute Gasteiger partial charge is 0.254 e. The van der Waals surface area contributed by atoms with Crippen LogP contribution >= 0.6 is 0 Å². The summed E-state index contributed by atoms with van der Waals surface area (Å²) >= 11 is 0. The van der Waals surface area contributed by atoms with E-state index in [1.807, 2.05) is 6.92 Å². The molecule has 2 atom stereocenters. The molecule has 0 aromatic heterocycles. The standard InChI is InChI=1S/C23H28N2O6S/c1-6-31-22-12-16(10-11-21(22)30-4)20(14-32(5)29)25(3)23(28)17-8-7-9-19(18(17)13-26)24-15(2)27/h7-13,20H,6,14H2,1-5H3,(H,24,27)/t20-,32?/m1/s1. The maximum Gasteiger partial charge on any atom is 0.254 e. The Kier molecular flexibility index (Phi) is 8.95. The van der Waals surface area contributed by atoms with Crippen LogP contribution in [-0.2, 0) is 15.6 Å². The number of hydrogen-bond donors (Lipinski definition) is 1. The molecule has 9 heteroatoms. The average Bonchev–Trinajstić information content (AvgIpc) is 2.76. The summed E-state index contributed by atoms with van der Waals surface area (Å²) in [5.74, 6) is 0.450. The van der Waals surface area contributed by atoms with Gasteiger partial charge in [-0.15, -0.1) is 0 Å². The van der Waals surface area contributed by atoms with Crippen molar-refractivity contribution in [3.05, 3.63) is 53.1 Å². The van der Waals surface area contributed by atoms with E-state index in [-0.39, 0.29) is 28.5 Å². The van der Waals surface area contributed by atoms with E-state index in [0.717, 1.165) is 0 Å². The predicted octanol–water partition coefficient (Wildman–Crippen LogP) is 3.06. The topological polar surface area (TPSA) is 102 Å². The first-order chi connectivity index (χ1) is 15.2. The zero-order chi connectivity index (χ0) is 23.8. The van der Waals surface area contributed by atoms with Gasteiger partial charge < -0.3 is 19.7 Å². The highest BCUT2D eigenvalue weighted by Crippen LogP contribution is 2.33. The highest BCUT2D eigenvalue weighted by molar-refractivity contribution is 7.84. The fourth-order valence-corrected chi connectivity index (χ4v) is 4.19. The molecule has 0 heterocycles. The molecule has 0 saturated heterocycles. The molecule has 1 N–H and O–H groups in total. The van der Waals surface area contributed by atoms with E-state index < -0.39 is 22.7 Å². The Morgan fingerprint density at radius 2 is 1.94 bits per heavy atom. The monoisotopic (exact) mass is 460 g/mol. The summed E-state index contributed by atoms with van der Waals surface area (Å²) in [6.45, 7) is 3.60. The highest BCUT2D eigenvalue weighted by atomic mass is 32.2. The minimum Gasteiger partial charge on any atom is -0.493 e. The maximum absolute atomic E-state index is 13.4. The third-order valence-corrected chi connectivity index (χ3v) is 5.60. The van der Waals surface area contributed by atoms with Crippen molar-refractivity contribution < 1.29 is 28.1 Å². The van der Waals surface area contributed by atoms with Gasteiger partial charge >= 0.3 is 0 Å². The average molecular weight is 461 g/mol. The Bertz CT molecular complexity index is 1020. The normalized spacial score (nSPS) is 12.4. The third kappa shape index (κ3) is 5.94. The van der Waals surface area contributed by atoms with E-state index >= 15 is 0 Å². The number of methoxy groups -OCH3 is 1. The fourth-order valence-electron chi connectivity index (χ4n) is 3.33. The number of carbonyl (C=O) groups is 3. The molecule has 8 nitrogen and oxygen atoms in total. The predicted molar refractivity (Wildman–Crippen MR) is 124 cm³/mol. The second-order valence-electron chi connectivity index (χ2n) is 7.08. The first kappa shape index (κ1) is 25.1. The summed E-state index contributed by atoms with van der Waals surface area (Å²) in [6, 6.07) is 9.40. The molecular weight excluding hydrogens is 432 g/mol. The van der Waals surface area contributed by atoms with Crippen LogP contribution in [-0.4, -0.2) is 60.0 Å². The van der Waals surface area contributed by atoms with Crippen LogP contribution in [0.4, 0.5) is 5.69 Å². The molecule has 32 heavy (non-hydrogen) atoms. The van der Waals surface area contributed by atoms with Crippen molar-refractivity contribution in [1.29, 1.82) is 0 Å². The van der Waals surface area contributed by atoms with Crippen molar-refractivity contribution in [3.63, 3.8) is 0 Å². The molecule has 0 radical (unpaired) electrons. The van der Waals surface area contributed by atoms with Crippen molar-refractivity contribution >= 4 is 34.6 Å². The van der Waals surface area contributed by atoms with Crippen LogP contribution in [0.1, 0.15) is 46.2 Å². The molecule has 0 aliphatic heterocycles. The number of aldehydes is 1. The molecule has 172 valence electrons. The van der Waals surface area contributed by atoms with Gasteiger partial charge in [0.05, 0.1) is 36.6 Å². The summed E-state index contributed by atoms with van der Waals surface area (Å²) in [7, 11) is 1.90. The molecule has 0 saturated carbocycles. The maximum atomic E-state index is 13.4. The number of benzene rings is 2. The molecule has 0 bridgehead atoms. The number of anilines is 1. The molecule has 2 rings (SSSR count). The van der Waals surface area contributed by atoms with Crippen LogP contribution in [0, 0.1) is 0 Å². The summed E-state index contributed by atoms with van der Waals surface area (Å²) < 4.78 is 23.1. The molecule has 2 amide bonds. The van der Waals surface area contributed by atoms with Crippen LogP contribution in [0.25, 0.3) is 0 Å². The largest absolute Gasteiger partial charge is 0.493 e. The van der Waals surface area contributed by atoms with E-state index in [2.05, 4.69) is 5.32 Å². The van der Waals surface area contributed by atoms with Gasteiger partial charge in [0.15, 0.2) is 17.8 Å². The minimum atomic E-state index is -1.22. The molecule has 0 spiro atoms.